The van der Waals surface area contributed by atoms with Crippen LogP contribution in [0, 0.1) is 5.92 Å². The van der Waals surface area contributed by atoms with Crippen molar-refractivity contribution in [2.24, 2.45) is 5.92 Å². The van der Waals surface area contributed by atoms with Crippen LogP contribution >= 0.6 is 0 Å². The van der Waals surface area contributed by atoms with Gasteiger partial charge in [0, 0.05) is 13.0 Å². The molecule has 2 rings (SSSR count). The second-order valence-electron chi connectivity index (χ2n) is 6.83. The molecule has 0 aliphatic carbocycles. The van der Waals surface area contributed by atoms with E-state index in [1.807, 2.05) is 42.2 Å². The fourth-order valence-corrected chi connectivity index (χ4v) is 2.81. The molecule has 132 valence electrons. The van der Waals surface area contributed by atoms with Crippen molar-refractivity contribution in [3.63, 3.8) is 0 Å². The van der Waals surface area contributed by atoms with E-state index in [0.29, 0.717) is 25.5 Å². The monoisotopic (exact) mass is 332 g/mol. The molecule has 2 amide bonds. The number of nitrogens with one attached hydrogen (secondary N) is 1. The standard InChI is InChI=1S/C19H28N2O3/c1-14(2)9-10-18(22)20-11-19(23)21-12-15(3)24-13-17(21)16-7-5-4-6-8-16/h4-8,14-15,17H,9-13H2,1-3H3,(H,20,22). The molecule has 2 unspecified atom stereocenters. The van der Waals surface area contributed by atoms with Crippen molar-refractivity contribution < 1.29 is 14.3 Å². The fourth-order valence-electron chi connectivity index (χ4n) is 2.81. The molecule has 2 atom stereocenters. The highest BCUT2D eigenvalue weighted by molar-refractivity contribution is 5.85. The maximum absolute atomic E-state index is 12.6. The second kappa shape index (κ2) is 8.83. The Balaban J connectivity index is 1.95. The number of hydrogen-bond acceptors (Lipinski definition) is 3. The maximum Gasteiger partial charge on any atom is 0.242 e. The Morgan fingerprint density at radius 1 is 1.29 bits per heavy atom. The van der Waals surface area contributed by atoms with E-state index in [0.717, 1.165) is 12.0 Å². The first-order valence-corrected chi connectivity index (χ1v) is 8.70. The van der Waals surface area contributed by atoms with Crippen LogP contribution in [0.15, 0.2) is 30.3 Å². The zero-order valence-electron chi connectivity index (χ0n) is 14.8. The fraction of sp³-hybridized carbons (Fsp3) is 0.579. The molecule has 1 aliphatic heterocycles. The first-order valence-electron chi connectivity index (χ1n) is 8.70. The first-order chi connectivity index (χ1) is 11.5. The molecule has 5 heteroatoms. The van der Waals surface area contributed by atoms with E-state index in [4.69, 9.17) is 4.74 Å². The number of benzene rings is 1. The van der Waals surface area contributed by atoms with Crippen molar-refractivity contribution in [3.8, 4) is 0 Å². The van der Waals surface area contributed by atoms with Gasteiger partial charge in [0.05, 0.1) is 25.3 Å². The number of morpholine rings is 1. The van der Waals surface area contributed by atoms with Crippen LogP contribution in [0.2, 0.25) is 0 Å². The number of carbonyl (C=O) groups excluding carboxylic acids is 2. The molecule has 0 spiro atoms. The zero-order valence-corrected chi connectivity index (χ0v) is 14.8. The minimum Gasteiger partial charge on any atom is -0.374 e. The van der Waals surface area contributed by atoms with Crippen molar-refractivity contribution in [2.75, 3.05) is 19.7 Å². The number of rotatable bonds is 6. The topological polar surface area (TPSA) is 58.6 Å². The summed E-state index contributed by atoms with van der Waals surface area (Å²) in [4.78, 5) is 26.3. The summed E-state index contributed by atoms with van der Waals surface area (Å²) in [5.41, 5.74) is 1.06. The van der Waals surface area contributed by atoms with Crippen LogP contribution in [0.25, 0.3) is 0 Å². The Morgan fingerprint density at radius 2 is 2.00 bits per heavy atom. The summed E-state index contributed by atoms with van der Waals surface area (Å²) in [5.74, 6) is 0.362. The summed E-state index contributed by atoms with van der Waals surface area (Å²) in [6, 6.07) is 9.80. The predicted molar refractivity (Wildman–Crippen MR) is 93.4 cm³/mol. The van der Waals surface area contributed by atoms with Gasteiger partial charge >= 0.3 is 0 Å². The van der Waals surface area contributed by atoms with Crippen molar-refractivity contribution in [1.82, 2.24) is 10.2 Å². The van der Waals surface area contributed by atoms with Crippen LogP contribution in [-0.4, -0.2) is 42.5 Å². The lowest BCUT2D eigenvalue weighted by molar-refractivity contribution is -0.144. The van der Waals surface area contributed by atoms with Gasteiger partial charge in [-0.3, -0.25) is 9.59 Å². The number of hydrogen-bond donors (Lipinski definition) is 1. The van der Waals surface area contributed by atoms with E-state index < -0.39 is 0 Å². The molecule has 1 N–H and O–H groups in total. The van der Waals surface area contributed by atoms with Crippen molar-refractivity contribution in [2.45, 2.75) is 45.8 Å². The Kier molecular flexibility index (Phi) is 6.79. The van der Waals surface area contributed by atoms with E-state index in [1.165, 1.54) is 0 Å². The van der Waals surface area contributed by atoms with E-state index >= 15 is 0 Å². The summed E-state index contributed by atoms with van der Waals surface area (Å²) in [7, 11) is 0. The first kappa shape index (κ1) is 18.5. The number of carbonyl (C=O) groups is 2. The summed E-state index contributed by atoms with van der Waals surface area (Å²) < 4.78 is 5.73. The summed E-state index contributed by atoms with van der Waals surface area (Å²) in [6.45, 7) is 7.20. The molecular weight excluding hydrogens is 304 g/mol. The molecule has 5 nitrogen and oxygen atoms in total. The second-order valence-corrected chi connectivity index (χ2v) is 6.83. The number of nitrogens with zero attached hydrogens (tertiary/aromatic N) is 1. The van der Waals surface area contributed by atoms with Crippen LogP contribution in [0.4, 0.5) is 0 Å². The van der Waals surface area contributed by atoms with E-state index in [9.17, 15) is 9.59 Å². The van der Waals surface area contributed by atoms with Gasteiger partial charge < -0.3 is 15.0 Å². The minimum absolute atomic E-state index is 0.00514. The van der Waals surface area contributed by atoms with Gasteiger partial charge in [0.15, 0.2) is 0 Å². The van der Waals surface area contributed by atoms with E-state index in [1.54, 1.807) is 0 Å². The molecule has 0 saturated carbocycles. The Bertz CT molecular complexity index is 545. The molecule has 24 heavy (non-hydrogen) atoms. The molecule has 0 aromatic heterocycles. The van der Waals surface area contributed by atoms with Crippen molar-refractivity contribution >= 4 is 11.8 Å². The van der Waals surface area contributed by atoms with Crippen LogP contribution in [0.1, 0.15) is 45.2 Å². The highest BCUT2D eigenvalue weighted by atomic mass is 16.5. The normalized spacial score (nSPS) is 20.9. The van der Waals surface area contributed by atoms with E-state index in [2.05, 4.69) is 19.2 Å². The smallest absolute Gasteiger partial charge is 0.242 e. The van der Waals surface area contributed by atoms with Crippen molar-refractivity contribution in [3.05, 3.63) is 35.9 Å². The molecule has 1 aromatic carbocycles. The average molecular weight is 332 g/mol. The van der Waals surface area contributed by atoms with Crippen LogP contribution in [0.5, 0.6) is 0 Å². The van der Waals surface area contributed by atoms with Crippen LogP contribution in [-0.2, 0) is 14.3 Å². The van der Waals surface area contributed by atoms with Gasteiger partial charge in [-0.05, 0) is 24.8 Å². The summed E-state index contributed by atoms with van der Waals surface area (Å²) >= 11 is 0. The highest BCUT2D eigenvalue weighted by Gasteiger charge is 2.31. The molecule has 1 fully saturated rings. The maximum atomic E-state index is 12.6. The molecule has 0 radical (unpaired) electrons. The lowest BCUT2D eigenvalue weighted by Gasteiger charge is -2.39. The summed E-state index contributed by atoms with van der Waals surface area (Å²) in [6.07, 6.45) is 1.30. The number of ether oxygens (including phenoxy) is 1. The summed E-state index contributed by atoms with van der Waals surface area (Å²) in [5, 5.41) is 2.75. The third-order valence-corrected chi connectivity index (χ3v) is 4.26. The van der Waals surface area contributed by atoms with Gasteiger partial charge in [0.25, 0.3) is 0 Å². The quantitative estimate of drug-likeness (QED) is 0.871. The largest absolute Gasteiger partial charge is 0.374 e. The molecule has 1 aliphatic rings. The SMILES string of the molecule is CC(C)CCC(=O)NCC(=O)N1CC(C)OCC1c1ccccc1. The zero-order chi connectivity index (χ0) is 17.5. The molecular formula is C19H28N2O3. The van der Waals surface area contributed by atoms with Crippen LogP contribution < -0.4 is 5.32 Å². The lowest BCUT2D eigenvalue weighted by atomic mass is 10.0. The van der Waals surface area contributed by atoms with Crippen LogP contribution in [0.3, 0.4) is 0 Å². The predicted octanol–water partition coefficient (Wildman–Crippen LogP) is 2.53. The third-order valence-electron chi connectivity index (χ3n) is 4.26. The van der Waals surface area contributed by atoms with Gasteiger partial charge in [-0.2, -0.15) is 0 Å². The third kappa shape index (κ3) is 5.34. The van der Waals surface area contributed by atoms with Gasteiger partial charge in [-0.15, -0.1) is 0 Å². The molecule has 0 bridgehead atoms. The van der Waals surface area contributed by atoms with Gasteiger partial charge in [-0.25, -0.2) is 0 Å². The van der Waals surface area contributed by atoms with Gasteiger partial charge in [0.1, 0.15) is 0 Å². The Labute approximate surface area is 144 Å². The molecule has 1 heterocycles. The van der Waals surface area contributed by atoms with Gasteiger partial charge in [-0.1, -0.05) is 44.2 Å². The Morgan fingerprint density at radius 3 is 2.67 bits per heavy atom. The lowest BCUT2D eigenvalue weighted by Crippen LogP contribution is -2.50. The average Bonchev–Trinajstić information content (AvgIpc) is 2.58. The molecule has 1 saturated heterocycles. The molecule has 1 aromatic rings. The minimum atomic E-state index is -0.0949. The van der Waals surface area contributed by atoms with E-state index in [-0.39, 0.29) is 30.5 Å². The Hall–Kier alpha value is -1.88. The van der Waals surface area contributed by atoms with Gasteiger partial charge in [0.2, 0.25) is 11.8 Å². The van der Waals surface area contributed by atoms with Crippen molar-refractivity contribution in [1.29, 1.82) is 0 Å². The number of amides is 2. The highest BCUT2D eigenvalue weighted by Crippen LogP contribution is 2.26.